The fraction of sp³-hybridized carbons (Fsp3) is 0.381. The van der Waals surface area contributed by atoms with Crippen molar-refractivity contribution in [1.82, 2.24) is 4.90 Å². The molecule has 1 unspecified atom stereocenters. The monoisotopic (exact) mass is 476 g/mol. The van der Waals surface area contributed by atoms with Crippen molar-refractivity contribution in [3.8, 4) is 6.07 Å². The lowest BCUT2D eigenvalue weighted by Gasteiger charge is -2.26. The number of benzene rings is 2. The van der Waals surface area contributed by atoms with E-state index in [0.717, 1.165) is 48.0 Å². The molecule has 1 aliphatic heterocycles. The molecule has 1 heterocycles. The summed E-state index contributed by atoms with van der Waals surface area (Å²) in [6.07, 6.45) is 2.57. The molecule has 0 aromatic heterocycles. The van der Waals surface area contributed by atoms with Gasteiger partial charge in [-0.05, 0) is 54.7 Å². The fourth-order valence-electron chi connectivity index (χ4n) is 3.27. The summed E-state index contributed by atoms with van der Waals surface area (Å²) in [5.74, 6) is 0. The van der Waals surface area contributed by atoms with E-state index in [1.807, 2.05) is 18.2 Å². The van der Waals surface area contributed by atoms with E-state index in [1.54, 1.807) is 0 Å². The van der Waals surface area contributed by atoms with Crippen molar-refractivity contribution >= 4 is 31.9 Å². The topological polar surface area (TPSA) is 36.3 Å². The average Bonchev–Trinajstić information content (AvgIpc) is 3.12. The van der Waals surface area contributed by atoms with Crippen LogP contribution < -0.4 is 0 Å². The maximum absolute atomic E-state index is 9.07. The van der Waals surface area contributed by atoms with Crippen LogP contribution in [0.15, 0.2) is 45.3 Å². The molecule has 0 aliphatic carbocycles. The van der Waals surface area contributed by atoms with Gasteiger partial charge in [0.25, 0.3) is 0 Å². The molecule has 0 saturated carbocycles. The molecule has 2 aromatic rings. The van der Waals surface area contributed by atoms with Crippen LogP contribution >= 0.6 is 31.9 Å². The highest BCUT2D eigenvalue weighted by Crippen LogP contribution is 2.25. The van der Waals surface area contributed by atoms with E-state index in [0.29, 0.717) is 11.7 Å². The molecule has 1 atom stereocenters. The van der Waals surface area contributed by atoms with Crippen LogP contribution in [0.1, 0.15) is 35.1 Å². The van der Waals surface area contributed by atoms with Gasteiger partial charge in [-0.25, -0.2) is 0 Å². The van der Waals surface area contributed by atoms with Gasteiger partial charge in [0.15, 0.2) is 0 Å². The number of aryl methyl sites for hydroxylation is 1. The summed E-state index contributed by atoms with van der Waals surface area (Å²) >= 11 is 7.32. The Bertz CT molecular complexity index is 810. The van der Waals surface area contributed by atoms with E-state index in [1.165, 1.54) is 16.7 Å². The number of nitriles is 1. The Morgan fingerprint density at radius 1 is 1.12 bits per heavy atom. The van der Waals surface area contributed by atoms with Gasteiger partial charge in [0, 0.05) is 35.2 Å². The molecular formula is C21H22Br2N2O. The Balaban J connectivity index is 1.79. The lowest BCUT2D eigenvalue weighted by atomic mass is 10.1. The van der Waals surface area contributed by atoms with Crippen molar-refractivity contribution in [3.63, 3.8) is 0 Å². The molecule has 3 rings (SSSR count). The summed E-state index contributed by atoms with van der Waals surface area (Å²) < 4.78 is 8.00. The van der Waals surface area contributed by atoms with Crippen molar-refractivity contribution in [2.24, 2.45) is 0 Å². The smallest absolute Gasteiger partial charge is 0.0992 e. The number of nitrogens with zero attached hydrogens (tertiary/aromatic N) is 2. The summed E-state index contributed by atoms with van der Waals surface area (Å²) in [6, 6.07) is 14.5. The van der Waals surface area contributed by atoms with Gasteiger partial charge in [-0.3, -0.25) is 4.90 Å². The van der Waals surface area contributed by atoms with E-state index in [4.69, 9.17) is 10.00 Å². The summed E-state index contributed by atoms with van der Waals surface area (Å²) in [4.78, 5) is 2.43. The summed E-state index contributed by atoms with van der Waals surface area (Å²) in [5.41, 5.74) is 4.39. The van der Waals surface area contributed by atoms with E-state index in [9.17, 15) is 0 Å². The van der Waals surface area contributed by atoms with Gasteiger partial charge in [-0.1, -0.05) is 50.1 Å². The van der Waals surface area contributed by atoms with Gasteiger partial charge in [-0.15, -0.1) is 0 Å². The molecule has 0 spiro atoms. The molecule has 5 heteroatoms. The second-order valence-corrected chi connectivity index (χ2v) is 8.53. The van der Waals surface area contributed by atoms with E-state index < -0.39 is 0 Å². The molecule has 2 aromatic carbocycles. The largest absolute Gasteiger partial charge is 0.377 e. The van der Waals surface area contributed by atoms with Crippen molar-refractivity contribution in [2.75, 3.05) is 13.2 Å². The summed E-state index contributed by atoms with van der Waals surface area (Å²) in [7, 11) is 0. The molecule has 3 nitrogen and oxygen atoms in total. The first-order valence-electron chi connectivity index (χ1n) is 8.82. The van der Waals surface area contributed by atoms with Crippen LogP contribution in [0.3, 0.4) is 0 Å². The molecular weight excluding hydrogens is 456 g/mol. The second-order valence-electron chi connectivity index (χ2n) is 6.82. The van der Waals surface area contributed by atoms with E-state index >= 15 is 0 Å². The van der Waals surface area contributed by atoms with Crippen LogP contribution in [-0.2, 0) is 17.8 Å². The van der Waals surface area contributed by atoms with Crippen LogP contribution in [0.25, 0.3) is 0 Å². The van der Waals surface area contributed by atoms with Gasteiger partial charge in [0.2, 0.25) is 0 Å². The van der Waals surface area contributed by atoms with Gasteiger partial charge in [0.1, 0.15) is 0 Å². The number of halogens is 2. The summed E-state index contributed by atoms with van der Waals surface area (Å²) in [6.45, 7) is 5.55. The zero-order valence-corrected chi connectivity index (χ0v) is 18.0. The van der Waals surface area contributed by atoms with Crippen LogP contribution in [0.5, 0.6) is 0 Å². The van der Waals surface area contributed by atoms with Gasteiger partial charge >= 0.3 is 0 Å². The van der Waals surface area contributed by atoms with Crippen LogP contribution in [0, 0.1) is 18.3 Å². The number of hydrogen-bond donors (Lipinski definition) is 0. The highest BCUT2D eigenvalue weighted by atomic mass is 79.9. The quantitative estimate of drug-likeness (QED) is 0.545. The van der Waals surface area contributed by atoms with Gasteiger partial charge in [-0.2, -0.15) is 5.26 Å². The van der Waals surface area contributed by atoms with Crippen LogP contribution in [0.2, 0.25) is 0 Å². The third-order valence-corrected chi connectivity index (χ3v) is 6.14. The van der Waals surface area contributed by atoms with E-state index in [-0.39, 0.29) is 0 Å². The fourth-order valence-corrected chi connectivity index (χ4v) is 4.39. The molecule has 0 amide bonds. The molecule has 1 saturated heterocycles. The first kappa shape index (κ1) is 19.6. The Morgan fingerprint density at radius 3 is 2.38 bits per heavy atom. The third kappa shape index (κ3) is 5.17. The Morgan fingerprint density at radius 2 is 1.81 bits per heavy atom. The lowest BCUT2D eigenvalue weighted by Crippen LogP contribution is -2.31. The number of ether oxygens (including phenoxy) is 1. The molecule has 0 radical (unpaired) electrons. The minimum Gasteiger partial charge on any atom is -0.377 e. The zero-order chi connectivity index (χ0) is 18.5. The lowest BCUT2D eigenvalue weighted by molar-refractivity contribution is 0.0677. The number of hydrogen-bond acceptors (Lipinski definition) is 3. The predicted molar refractivity (Wildman–Crippen MR) is 111 cm³/mol. The first-order chi connectivity index (χ1) is 12.5. The number of rotatable bonds is 6. The Kier molecular flexibility index (Phi) is 6.88. The molecule has 1 aliphatic rings. The maximum atomic E-state index is 9.07. The SMILES string of the molecule is Cc1ccc(CN(Cc2ccc(C#N)cc2Br)CC2CCCO2)c(Br)c1. The molecule has 1 fully saturated rings. The van der Waals surface area contributed by atoms with E-state index in [2.05, 4.69) is 68.0 Å². The maximum Gasteiger partial charge on any atom is 0.0992 e. The highest BCUT2D eigenvalue weighted by Gasteiger charge is 2.21. The molecule has 26 heavy (non-hydrogen) atoms. The molecule has 0 bridgehead atoms. The average molecular weight is 478 g/mol. The normalized spacial score (nSPS) is 16.8. The predicted octanol–water partition coefficient (Wildman–Crippen LogP) is 5.57. The van der Waals surface area contributed by atoms with Crippen molar-refractivity contribution in [3.05, 3.63) is 67.6 Å². The third-order valence-electron chi connectivity index (χ3n) is 4.66. The highest BCUT2D eigenvalue weighted by molar-refractivity contribution is 9.10. The zero-order valence-electron chi connectivity index (χ0n) is 14.8. The van der Waals surface area contributed by atoms with Crippen LogP contribution in [0.4, 0.5) is 0 Å². The summed E-state index contributed by atoms with van der Waals surface area (Å²) in [5, 5.41) is 9.07. The Hall–Kier alpha value is -1.19. The second kappa shape index (κ2) is 9.14. The van der Waals surface area contributed by atoms with Gasteiger partial charge < -0.3 is 4.74 Å². The molecule has 0 N–H and O–H groups in total. The minimum atomic E-state index is 0.302. The van der Waals surface area contributed by atoms with Crippen molar-refractivity contribution in [2.45, 2.75) is 39.0 Å². The minimum absolute atomic E-state index is 0.302. The van der Waals surface area contributed by atoms with Crippen molar-refractivity contribution < 1.29 is 4.74 Å². The molecule has 136 valence electrons. The standard InChI is InChI=1S/C21H22Br2N2O/c1-15-4-6-17(20(22)9-15)12-25(14-19-3-2-8-26-19)13-18-7-5-16(11-24)10-21(18)23/h4-7,9-10,19H,2-3,8,12-14H2,1H3. The van der Waals surface area contributed by atoms with Crippen molar-refractivity contribution in [1.29, 1.82) is 5.26 Å². The van der Waals surface area contributed by atoms with Gasteiger partial charge in [0.05, 0.1) is 17.7 Å². The first-order valence-corrected chi connectivity index (χ1v) is 10.4. The van der Waals surface area contributed by atoms with Crippen LogP contribution in [-0.4, -0.2) is 24.2 Å². The Labute approximate surface area is 172 Å².